The molecule has 4 aromatic rings. The zero-order valence-electron chi connectivity index (χ0n) is 29.3. The highest BCUT2D eigenvalue weighted by atomic mass is 79.9. The van der Waals surface area contributed by atoms with Crippen molar-refractivity contribution in [2.24, 2.45) is 0 Å². The van der Waals surface area contributed by atoms with Gasteiger partial charge in [0.25, 0.3) is 0 Å². The maximum Gasteiger partial charge on any atom is 0.171 e. The summed E-state index contributed by atoms with van der Waals surface area (Å²) in [5.41, 5.74) is 7.35. The van der Waals surface area contributed by atoms with Gasteiger partial charge < -0.3 is 10.6 Å². The Morgan fingerprint density at radius 3 is 2.11 bits per heavy atom. The summed E-state index contributed by atoms with van der Waals surface area (Å²) in [6.07, 6.45) is 16.1. The summed E-state index contributed by atoms with van der Waals surface area (Å²) in [7, 11) is 0. The molecule has 2 N–H and O–H groups in total. The molecule has 0 aliphatic carbocycles. The van der Waals surface area contributed by atoms with Gasteiger partial charge in [-0.1, -0.05) is 99.1 Å². The van der Waals surface area contributed by atoms with E-state index >= 15 is 0 Å². The maximum absolute atomic E-state index is 5.06. The largest absolute Gasteiger partial charge is 0.391 e. The molecule has 0 radical (unpaired) electrons. The quantitative estimate of drug-likeness (QED) is 0.130. The molecule has 45 heavy (non-hydrogen) atoms. The number of nitrogens with zero attached hydrogens (tertiary/aromatic N) is 4. The van der Waals surface area contributed by atoms with Crippen LogP contribution in [-0.2, 0) is 25.8 Å². The van der Waals surface area contributed by atoms with E-state index in [-0.39, 0.29) is 0 Å². The van der Waals surface area contributed by atoms with Crippen molar-refractivity contribution in [3.05, 3.63) is 100 Å². The van der Waals surface area contributed by atoms with Crippen LogP contribution in [0.2, 0.25) is 0 Å². The van der Waals surface area contributed by atoms with Crippen LogP contribution in [0.1, 0.15) is 121 Å². The van der Waals surface area contributed by atoms with E-state index in [9.17, 15) is 0 Å². The van der Waals surface area contributed by atoms with Crippen LogP contribution in [0.3, 0.4) is 0 Å². The van der Waals surface area contributed by atoms with Crippen LogP contribution < -0.4 is 10.6 Å². The van der Waals surface area contributed by atoms with Gasteiger partial charge in [-0.05, 0) is 89.0 Å². The van der Waals surface area contributed by atoms with Crippen molar-refractivity contribution in [3.63, 3.8) is 0 Å². The lowest BCUT2D eigenvalue weighted by molar-refractivity contribution is 0.532. The van der Waals surface area contributed by atoms with Crippen molar-refractivity contribution in [1.82, 2.24) is 24.9 Å². The minimum atomic E-state index is 0.318. The maximum atomic E-state index is 5.06. The van der Waals surface area contributed by atoms with Crippen molar-refractivity contribution in [2.75, 3.05) is 11.9 Å². The SMILES string of the molecule is C=CNCCC(CCCc1cc(CC)cc(CC)c1)c1cc(NCc2cccnc2)n2ncc(Br)c2n1.CC.CCC.CCC. The van der Waals surface area contributed by atoms with E-state index in [1.807, 2.05) is 36.8 Å². The summed E-state index contributed by atoms with van der Waals surface area (Å²) in [4.78, 5) is 9.29. The first-order chi connectivity index (χ1) is 21.9. The third-order valence-corrected chi connectivity index (χ3v) is 7.35. The Kier molecular flexibility index (Phi) is 21.3. The molecule has 3 heterocycles. The van der Waals surface area contributed by atoms with Gasteiger partial charge in [0.05, 0.1) is 10.7 Å². The third kappa shape index (κ3) is 14.2. The Bertz CT molecular complexity index is 1310. The highest BCUT2D eigenvalue weighted by Crippen LogP contribution is 2.29. The van der Waals surface area contributed by atoms with E-state index in [2.05, 4.69) is 115 Å². The number of aromatic nitrogens is 4. The van der Waals surface area contributed by atoms with Gasteiger partial charge >= 0.3 is 0 Å². The average molecular weight is 680 g/mol. The van der Waals surface area contributed by atoms with Gasteiger partial charge in [-0.25, -0.2) is 4.98 Å². The van der Waals surface area contributed by atoms with Crippen molar-refractivity contribution >= 4 is 27.4 Å². The fraction of sp³-hybridized carbons (Fsp3) is 0.500. The van der Waals surface area contributed by atoms with Crippen LogP contribution in [0.5, 0.6) is 0 Å². The van der Waals surface area contributed by atoms with E-state index in [0.29, 0.717) is 12.5 Å². The van der Waals surface area contributed by atoms with Crippen molar-refractivity contribution in [3.8, 4) is 0 Å². The molecule has 3 aromatic heterocycles. The van der Waals surface area contributed by atoms with Crippen LogP contribution in [0.15, 0.2) is 72.2 Å². The molecule has 6 nitrogen and oxygen atoms in total. The lowest BCUT2D eigenvalue weighted by Crippen LogP contribution is -2.14. The molecule has 1 unspecified atom stereocenters. The molecule has 0 fully saturated rings. The lowest BCUT2D eigenvalue weighted by Gasteiger charge is -2.19. The van der Waals surface area contributed by atoms with Gasteiger partial charge in [0, 0.05) is 43.2 Å². The van der Waals surface area contributed by atoms with Gasteiger partial charge in [0.2, 0.25) is 0 Å². The fourth-order valence-corrected chi connectivity index (χ4v) is 5.08. The molecule has 0 amide bonds. The normalized spacial score (nSPS) is 10.8. The number of rotatable bonds is 14. The molecule has 0 saturated carbocycles. The Morgan fingerprint density at radius 1 is 0.889 bits per heavy atom. The number of anilines is 1. The second-order valence-electron chi connectivity index (χ2n) is 10.8. The second kappa shape index (κ2) is 24.1. The molecular formula is C38H59BrN6. The lowest BCUT2D eigenvalue weighted by atomic mass is 9.92. The molecule has 0 aliphatic rings. The summed E-state index contributed by atoms with van der Waals surface area (Å²) in [6, 6.07) is 13.3. The Labute approximate surface area is 282 Å². The van der Waals surface area contributed by atoms with Crippen molar-refractivity contribution in [1.29, 1.82) is 0 Å². The standard InChI is InChI=1S/C30H37BrN6.2C3H8.C2H6/c1-4-22-15-23(5-2)17-24(16-22)9-7-11-26(12-14-32-6-3)28-18-29(34-20-25-10-8-13-33-19-25)37-30(36-28)27(31)21-35-37;2*1-3-2;1-2/h6,8,10,13,15-19,21,26,32,34H,3-5,7,9,11-12,14,20H2,1-2H3;2*3H2,1-2H3;1-2H3. The highest BCUT2D eigenvalue weighted by Gasteiger charge is 2.18. The molecule has 0 bridgehead atoms. The number of pyridine rings is 1. The first-order valence-corrected chi connectivity index (χ1v) is 17.9. The van der Waals surface area contributed by atoms with E-state index in [0.717, 1.165) is 72.3 Å². The van der Waals surface area contributed by atoms with Crippen LogP contribution in [-0.4, -0.2) is 26.1 Å². The van der Waals surface area contributed by atoms with Gasteiger partial charge in [0.1, 0.15) is 5.82 Å². The van der Waals surface area contributed by atoms with Gasteiger partial charge in [-0.2, -0.15) is 9.61 Å². The number of hydrogen-bond donors (Lipinski definition) is 2. The van der Waals surface area contributed by atoms with Gasteiger partial charge in [-0.15, -0.1) is 0 Å². The predicted octanol–water partition coefficient (Wildman–Crippen LogP) is 10.7. The summed E-state index contributed by atoms with van der Waals surface area (Å²) in [5, 5.41) is 11.4. The van der Waals surface area contributed by atoms with Gasteiger partial charge in [0.15, 0.2) is 5.65 Å². The highest BCUT2D eigenvalue weighted by molar-refractivity contribution is 9.10. The Morgan fingerprint density at radius 2 is 1.53 bits per heavy atom. The number of halogens is 1. The van der Waals surface area contributed by atoms with E-state index in [4.69, 9.17) is 4.98 Å². The van der Waals surface area contributed by atoms with Crippen LogP contribution >= 0.6 is 15.9 Å². The zero-order chi connectivity index (χ0) is 33.5. The molecule has 1 aromatic carbocycles. The summed E-state index contributed by atoms with van der Waals surface area (Å²) < 4.78 is 2.76. The molecule has 7 heteroatoms. The number of benzene rings is 1. The van der Waals surface area contributed by atoms with Crippen molar-refractivity contribution < 1.29 is 0 Å². The molecule has 0 aliphatic heterocycles. The monoisotopic (exact) mass is 678 g/mol. The first kappa shape index (κ1) is 39.8. The summed E-state index contributed by atoms with van der Waals surface area (Å²) in [6.45, 7) is 22.3. The third-order valence-electron chi connectivity index (χ3n) is 6.79. The van der Waals surface area contributed by atoms with Crippen molar-refractivity contribution in [2.45, 2.75) is 119 Å². The van der Waals surface area contributed by atoms with Crippen LogP contribution in [0, 0.1) is 0 Å². The number of hydrogen-bond acceptors (Lipinski definition) is 5. The molecule has 1 atom stereocenters. The molecule has 0 spiro atoms. The fourth-order valence-electron chi connectivity index (χ4n) is 4.73. The minimum Gasteiger partial charge on any atom is -0.391 e. The summed E-state index contributed by atoms with van der Waals surface area (Å²) in [5.74, 6) is 1.25. The van der Waals surface area contributed by atoms with E-state index in [1.165, 1.54) is 29.5 Å². The first-order valence-electron chi connectivity index (χ1n) is 17.1. The van der Waals surface area contributed by atoms with Crippen LogP contribution in [0.25, 0.3) is 5.65 Å². The topological polar surface area (TPSA) is 67.1 Å². The van der Waals surface area contributed by atoms with Crippen LogP contribution in [0.4, 0.5) is 5.82 Å². The molecule has 0 saturated heterocycles. The molecule has 248 valence electrons. The number of fused-ring (bicyclic) bond motifs is 1. The Balaban J connectivity index is 0.00000115. The smallest absolute Gasteiger partial charge is 0.171 e. The van der Waals surface area contributed by atoms with E-state index in [1.54, 1.807) is 12.4 Å². The molecular weight excluding hydrogens is 620 g/mol. The Hall–Kier alpha value is -3.19. The van der Waals surface area contributed by atoms with E-state index < -0.39 is 0 Å². The number of aryl methyl sites for hydroxylation is 3. The number of nitrogens with one attached hydrogen (secondary N) is 2. The summed E-state index contributed by atoms with van der Waals surface area (Å²) >= 11 is 3.65. The van der Waals surface area contributed by atoms with Gasteiger partial charge in [-0.3, -0.25) is 4.98 Å². The predicted molar refractivity (Wildman–Crippen MR) is 199 cm³/mol. The minimum absolute atomic E-state index is 0.318. The average Bonchev–Trinajstić information content (AvgIpc) is 3.45. The zero-order valence-corrected chi connectivity index (χ0v) is 30.9. The second-order valence-corrected chi connectivity index (χ2v) is 11.7. The molecule has 4 rings (SSSR count).